The lowest BCUT2D eigenvalue weighted by molar-refractivity contribution is 0.502. The maximum atomic E-state index is 12.0. The molecule has 0 amide bonds. The van der Waals surface area contributed by atoms with Gasteiger partial charge in [0.25, 0.3) is 5.16 Å². The Balaban J connectivity index is 2.18. The Morgan fingerprint density at radius 2 is 1.83 bits per heavy atom. The summed E-state index contributed by atoms with van der Waals surface area (Å²) >= 11 is 0. The summed E-state index contributed by atoms with van der Waals surface area (Å²) in [7, 11) is -5.53. The largest absolute Gasteiger partial charge is 0.323 e. The van der Waals surface area contributed by atoms with Crippen LogP contribution in [0, 0.1) is 0 Å². The van der Waals surface area contributed by atoms with Crippen molar-refractivity contribution in [2.75, 3.05) is 14.1 Å². The molecular weight excluding hydrogens is 344 g/mol. The van der Waals surface area contributed by atoms with Gasteiger partial charge in [0.15, 0.2) is 0 Å². The van der Waals surface area contributed by atoms with E-state index in [1.807, 2.05) is 10.9 Å². The molecular formula is C11H14N6O4S2. The van der Waals surface area contributed by atoms with Gasteiger partial charge in [0.2, 0.25) is 0 Å². The van der Waals surface area contributed by atoms with E-state index in [0.717, 1.165) is 10.6 Å². The molecule has 1 heterocycles. The molecule has 0 saturated carbocycles. The molecule has 0 aliphatic carbocycles. The van der Waals surface area contributed by atoms with E-state index in [-0.39, 0.29) is 0 Å². The number of benzene rings is 1. The Bertz CT molecular complexity index is 903. The van der Waals surface area contributed by atoms with Gasteiger partial charge in [0.1, 0.15) is 6.33 Å². The number of nitrogens with zero attached hydrogens (tertiary/aromatic N) is 5. The molecule has 124 valence electrons. The third kappa shape index (κ3) is 3.91. The Kier molecular flexibility index (Phi) is 4.77. The van der Waals surface area contributed by atoms with Gasteiger partial charge in [-0.15, -0.1) is 9.19 Å². The number of hydrazone groups is 1. The quantitative estimate of drug-likeness (QED) is 0.534. The molecule has 0 radical (unpaired) electrons. The minimum atomic E-state index is -4.17. The van der Waals surface area contributed by atoms with Crippen LogP contribution in [0.2, 0.25) is 0 Å². The standard InChI is InChI=1S/C11H14N6O4S2/c1-16(2)23(20,21)17-9-12-11(14-17)22(18,19)15-13-8-10-6-4-3-5-7-10/h3-9,15H,1-2H3/b13-8+. The minimum Gasteiger partial charge on any atom is -0.203 e. The molecule has 0 aliphatic heterocycles. The fourth-order valence-electron chi connectivity index (χ4n) is 1.39. The fraction of sp³-hybridized carbons (Fsp3) is 0.182. The summed E-state index contributed by atoms with van der Waals surface area (Å²) < 4.78 is 48.9. The van der Waals surface area contributed by atoms with Gasteiger partial charge in [-0.05, 0) is 5.56 Å². The SMILES string of the molecule is CN(C)S(=O)(=O)n1cnc(S(=O)(=O)N/N=C/c2ccccc2)n1. The van der Waals surface area contributed by atoms with Crippen molar-refractivity contribution in [3.63, 3.8) is 0 Å². The molecule has 10 nitrogen and oxygen atoms in total. The predicted octanol–water partition coefficient (Wildman–Crippen LogP) is -0.755. The van der Waals surface area contributed by atoms with Crippen LogP contribution in [0.3, 0.4) is 0 Å². The minimum absolute atomic E-state index is 0.461. The van der Waals surface area contributed by atoms with Crippen molar-refractivity contribution in [1.82, 2.24) is 23.3 Å². The Morgan fingerprint density at radius 3 is 2.43 bits per heavy atom. The smallest absolute Gasteiger partial charge is 0.203 e. The van der Waals surface area contributed by atoms with Crippen molar-refractivity contribution in [3.05, 3.63) is 42.2 Å². The van der Waals surface area contributed by atoms with Crippen LogP contribution in [0.1, 0.15) is 5.56 Å². The molecule has 12 heteroatoms. The highest BCUT2D eigenvalue weighted by atomic mass is 32.2. The Labute approximate surface area is 133 Å². The first kappa shape index (κ1) is 17.1. The van der Waals surface area contributed by atoms with Crippen molar-refractivity contribution < 1.29 is 16.8 Å². The molecule has 1 aromatic heterocycles. The molecule has 2 aromatic rings. The van der Waals surface area contributed by atoms with Crippen LogP contribution in [0.5, 0.6) is 0 Å². The number of aromatic nitrogens is 3. The normalized spacial score (nSPS) is 12.8. The number of hydrogen-bond acceptors (Lipinski definition) is 7. The monoisotopic (exact) mass is 358 g/mol. The molecule has 2 rings (SSSR count). The zero-order valence-corrected chi connectivity index (χ0v) is 13.9. The van der Waals surface area contributed by atoms with E-state index in [4.69, 9.17) is 0 Å². The van der Waals surface area contributed by atoms with Crippen molar-refractivity contribution in [2.24, 2.45) is 5.10 Å². The molecule has 0 fully saturated rings. The van der Waals surface area contributed by atoms with Gasteiger partial charge in [-0.3, -0.25) is 0 Å². The summed E-state index contributed by atoms with van der Waals surface area (Å²) in [6.45, 7) is 0. The third-order valence-electron chi connectivity index (χ3n) is 2.58. The van der Waals surface area contributed by atoms with Crippen molar-refractivity contribution in [3.8, 4) is 0 Å². The van der Waals surface area contributed by atoms with Gasteiger partial charge < -0.3 is 0 Å². The van der Waals surface area contributed by atoms with Gasteiger partial charge in [0, 0.05) is 14.1 Å². The molecule has 0 spiro atoms. The van der Waals surface area contributed by atoms with Crippen LogP contribution in [-0.4, -0.2) is 55.6 Å². The fourth-order valence-corrected chi connectivity index (χ4v) is 2.77. The van der Waals surface area contributed by atoms with Crippen LogP contribution >= 0.6 is 0 Å². The molecule has 23 heavy (non-hydrogen) atoms. The van der Waals surface area contributed by atoms with Crippen molar-refractivity contribution >= 4 is 26.4 Å². The average molecular weight is 358 g/mol. The van der Waals surface area contributed by atoms with Crippen LogP contribution in [0.25, 0.3) is 0 Å². The highest BCUT2D eigenvalue weighted by Crippen LogP contribution is 2.04. The molecule has 0 unspecified atom stereocenters. The number of rotatable bonds is 6. The Hall–Kier alpha value is -2.31. The number of hydrogen-bond donors (Lipinski definition) is 1. The highest BCUT2D eigenvalue weighted by Gasteiger charge is 2.24. The van der Waals surface area contributed by atoms with Crippen LogP contribution in [0.15, 0.2) is 46.9 Å². The molecule has 0 aliphatic rings. The summed E-state index contributed by atoms with van der Waals surface area (Å²) in [5.41, 5.74) is 0.684. The summed E-state index contributed by atoms with van der Waals surface area (Å²) in [5, 5.41) is 6.34. The highest BCUT2D eigenvalue weighted by molar-refractivity contribution is 7.89. The lowest BCUT2D eigenvalue weighted by Gasteiger charge is -2.09. The lowest BCUT2D eigenvalue weighted by atomic mass is 10.2. The topological polar surface area (TPSA) is 127 Å². The third-order valence-corrected chi connectivity index (χ3v) is 5.16. The van der Waals surface area contributed by atoms with Gasteiger partial charge in [-0.2, -0.15) is 31.1 Å². The first-order chi connectivity index (χ1) is 10.7. The zero-order chi connectivity index (χ0) is 17.1. The van der Waals surface area contributed by atoms with Gasteiger partial charge in [-0.25, -0.2) is 4.98 Å². The zero-order valence-electron chi connectivity index (χ0n) is 12.2. The van der Waals surface area contributed by atoms with Gasteiger partial charge >= 0.3 is 20.2 Å². The number of nitrogens with one attached hydrogen (secondary N) is 1. The first-order valence-electron chi connectivity index (χ1n) is 6.18. The van der Waals surface area contributed by atoms with Gasteiger partial charge in [0.05, 0.1) is 6.21 Å². The van der Waals surface area contributed by atoms with Gasteiger partial charge in [-0.1, -0.05) is 30.3 Å². The van der Waals surface area contributed by atoms with E-state index >= 15 is 0 Å². The maximum Gasteiger partial charge on any atom is 0.323 e. The summed E-state index contributed by atoms with van der Waals surface area (Å²) in [5.74, 6) is 0. The van der Waals surface area contributed by atoms with E-state index in [1.165, 1.54) is 20.3 Å². The number of sulfonamides is 1. The predicted molar refractivity (Wildman–Crippen MR) is 82.4 cm³/mol. The van der Waals surface area contributed by atoms with E-state index in [0.29, 0.717) is 9.65 Å². The maximum absolute atomic E-state index is 12.0. The second kappa shape index (κ2) is 6.44. The average Bonchev–Trinajstić information content (AvgIpc) is 2.99. The van der Waals surface area contributed by atoms with Crippen molar-refractivity contribution in [2.45, 2.75) is 5.16 Å². The lowest BCUT2D eigenvalue weighted by Crippen LogP contribution is -2.29. The van der Waals surface area contributed by atoms with E-state index in [2.05, 4.69) is 15.2 Å². The Morgan fingerprint density at radius 1 is 1.17 bits per heavy atom. The van der Waals surface area contributed by atoms with E-state index < -0.39 is 25.4 Å². The van der Waals surface area contributed by atoms with E-state index in [9.17, 15) is 16.8 Å². The second-order valence-electron chi connectivity index (χ2n) is 4.45. The van der Waals surface area contributed by atoms with Crippen molar-refractivity contribution in [1.29, 1.82) is 0 Å². The second-order valence-corrected chi connectivity index (χ2v) is 8.01. The van der Waals surface area contributed by atoms with Crippen LogP contribution in [-0.2, 0) is 20.2 Å². The van der Waals surface area contributed by atoms with Crippen LogP contribution < -0.4 is 4.83 Å². The molecule has 1 N–H and O–H groups in total. The summed E-state index contributed by atoms with van der Waals surface area (Å²) in [6.07, 6.45) is 2.09. The molecule has 1 aromatic carbocycles. The summed E-state index contributed by atoms with van der Waals surface area (Å²) in [6, 6.07) is 8.81. The first-order valence-corrected chi connectivity index (χ1v) is 9.06. The van der Waals surface area contributed by atoms with E-state index in [1.54, 1.807) is 24.3 Å². The molecule has 0 bridgehead atoms. The molecule has 0 atom stereocenters. The summed E-state index contributed by atoms with van der Waals surface area (Å²) in [4.78, 5) is 5.40. The van der Waals surface area contributed by atoms with Crippen LogP contribution in [0.4, 0.5) is 0 Å². The molecule has 0 saturated heterocycles.